The van der Waals surface area contributed by atoms with Gasteiger partial charge in [-0.2, -0.15) is 0 Å². The molecule has 1 aromatic carbocycles. The Balaban J connectivity index is 1.56. The van der Waals surface area contributed by atoms with Crippen LogP contribution >= 0.6 is 0 Å². The van der Waals surface area contributed by atoms with Gasteiger partial charge in [0.15, 0.2) is 0 Å². The lowest BCUT2D eigenvalue weighted by Gasteiger charge is -2.38. The zero-order valence-corrected chi connectivity index (χ0v) is 14.3. The number of aliphatic hydroxyl groups is 1. The maximum atomic E-state index is 13.8. The van der Waals surface area contributed by atoms with Crippen LogP contribution in [0.15, 0.2) is 42.7 Å². The maximum absolute atomic E-state index is 13.8. The summed E-state index contributed by atoms with van der Waals surface area (Å²) in [4.78, 5) is 8.56. The van der Waals surface area contributed by atoms with Gasteiger partial charge < -0.3 is 5.11 Å². The molecular formula is C19H23F2N3O. The van der Waals surface area contributed by atoms with Gasteiger partial charge >= 0.3 is 0 Å². The average molecular weight is 347 g/mol. The van der Waals surface area contributed by atoms with Crippen LogP contribution in [0.2, 0.25) is 0 Å². The number of hydrogen-bond acceptors (Lipinski definition) is 4. The van der Waals surface area contributed by atoms with Crippen molar-refractivity contribution in [1.29, 1.82) is 0 Å². The lowest BCUT2D eigenvalue weighted by atomic mass is 10.1. The number of aliphatic hydroxyl groups excluding tert-OH is 1. The number of hydrogen-bond donors (Lipinski definition) is 1. The van der Waals surface area contributed by atoms with E-state index in [1.807, 2.05) is 17.2 Å². The van der Waals surface area contributed by atoms with Gasteiger partial charge in [0.05, 0.1) is 11.7 Å². The van der Waals surface area contributed by atoms with Crippen LogP contribution in [0.25, 0.3) is 0 Å². The Hall–Kier alpha value is -1.89. The number of aromatic nitrogens is 1. The Bertz CT molecular complexity index is 670. The first-order valence-electron chi connectivity index (χ1n) is 8.54. The Kier molecular flexibility index (Phi) is 5.73. The van der Waals surface area contributed by atoms with Crippen molar-refractivity contribution >= 4 is 0 Å². The number of nitrogens with zero attached hydrogens (tertiary/aromatic N) is 3. The number of β-amino-alcohol motifs (C(OH)–C–C–N with tert-alkyl or cyclic N) is 1. The Labute approximate surface area is 146 Å². The third kappa shape index (κ3) is 4.21. The third-order valence-electron chi connectivity index (χ3n) is 4.89. The molecule has 0 unspecified atom stereocenters. The molecule has 2 aromatic rings. The molecule has 4 nitrogen and oxygen atoms in total. The minimum absolute atomic E-state index is 0.229. The molecule has 1 N–H and O–H groups in total. The third-order valence-corrected chi connectivity index (χ3v) is 4.89. The molecule has 6 heteroatoms. The molecule has 0 amide bonds. The van der Waals surface area contributed by atoms with Gasteiger partial charge in [0, 0.05) is 51.2 Å². The van der Waals surface area contributed by atoms with Crippen LogP contribution in [0.1, 0.15) is 30.2 Å². The Morgan fingerprint density at radius 1 is 1.08 bits per heavy atom. The van der Waals surface area contributed by atoms with E-state index in [9.17, 15) is 13.9 Å². The molecule has 0 spiro atoms. The summed E-state index contributed by atoms with van der Waals surface area (Å²) in [6, 6.07) is 7.92. The molecule has 3 rings (SSSR count). The summed E-state index contributed by atoms with van der Waals surface area (Å²) in [7, 11) is 0. The molecule has 1 aliphatic heterocycles. The number of rotatable bonds is 5. The monoisotopic (exact) mass is 347 g/mol. The Morgan fingerprint density at radius 2 is 1.76 bits per heavy atom. The van der Waals surface area contributed by atoms with Crippen molar-refractivity contribution in [2.75, 3.05) is 32.7 Å². The van der Waals surface area contributed by atoms with E-state index in [1.54, 1.807) is 6.20 Å². The largest absolute Gasteiger partial charge is 0.387 e. The second kappa shape index (κ2) is 7.99. The predicted octanol–water partition coefficient (Wildman–Crippen LogP) is 2.77. The molecule has 1 fully saturated rings. The van der Waals surface area contributed by atoms with Crippen molar-refractivity contribution in [3.63, 3.8) is 0 Å². The molecule has 0 saturated carbocycles. The van der Waals surface area contributed by atoms with Gasteiger partial charge in [0.2, 0.25) is 0 Å². The molecule has 2 atom stereocenters. The first kappa shape index (κ1) is 17.9. The fraction of sp³-hybridized carbons (Fsp3) is 0.421. The van der Waals surface area contributed by atoms with Crippen LogP contribution < -0.4 is 0 Å². The van der Waals surface area contributed by atoms with Gasteiger partial charge in [-0.05, 0) is 30.7 Å². The van der Waals surface area contributed by atoms with E-state index in [1.165, 1.54) is 23.8 Å². The standard InChI is InChI=1S/C19H23F2N3O/c1-14(15-4-3-7-22-12-15)24-10-8-23(9-11-24)13-18(25)19-16(20)5-2-6-17(19)21/h2-7,12,14,18,25H,8-11,13H2,1H3/t14-,18+/m1/s1. The fourth-order valence-corrected chi connectivity index (χ4v) is 3.33. The van der Waals surface area contributed by atoms with Gasteiger partial charge in [-0.15, -0.1) is 0 Å². The molecule has 0 radical (unpaired) electrons. The van der Waals surface area contributed by atoms with E-state index >= 15 is 0 Å². The molecule has 1 aliphatic rings. The lowest BCUT2D eigenvalue weighted by Crippen LogP contribution is -2.48. The highest BCUT2D eigenvalue weighted by Gasteiger charge is 2.25. The highest BCUT2D eigenvalue weighted by atomic mass is 19.1. The SMILES string of the molecule is C[C@H](c1cccnc1)N1CCN(C[C@H](O)c2c(F)cccc2F)CC1. The first-order chi connectivity index (χ1) is 12.1. The highest BCUT2D eigenvalue weighted by Crippen LogP contribution is 2.24. The molecule has 134 valence electrons. The first-order valence-corrected chi connectivity index (χ1v) is 8.54. The molecule has 1 aromatic heterocycles. The van der Waals surface area contributed by atoms with Crippen LogP contribution in [-0.4, -0.2) is 52.6 Å². The quantitative estimate of drug-likeness (QED) is 0.903. The second-order valence-electron chi connectivity index (χ2n) is 6.45. The average Bonchev–Trinajstić information content (AvgIpc) is 2.62. The van der Waals surface area contributed by atoms with E-state index in [0.717, 1.165) is 26.2 Å². The zero-order valence-electron chi connectivity index (χ0n) is 14.3. The van der Waals surface area contributed by atoms with Gasteiger partial charge in [-0.25, -0.2) is 8.78 Å². The van der Waals surface area contributed by atoms with Crippen LogP contribution in [0.5, 0.6) is 0 Å². The van der Waals surface area contributed by atoms with Crippen LogP contribution in [0.3, 0.4) is 0 Å². The van der Waals surface area contributed by atoms with Gasteiger partial charge in [-0.1, -0.05) is 12.1 Å². The number of benzene rings is 1. The molecular weight excluding hydrogens is 324 g/mol. The summed E-state index contributed by atoms with van der Waals surface area (Å²) < 4.78 is 27.6. The lowest BCUT2D eigenvalue weighted by molar-refractivity contribution is 0.0562. The van der Waals surface area contributed by atoms with E-state index in [4.69, 9.17) is 0 Å². The summed E-state index contributed by atoms with van der Waals surface area (Å²) in [6.45, 7) is 5.55. The number of halogens is 2. The van der Waals surface area contributed by atoms with Crippen LogP contribution in [0.4, 0.5) is 8.78 Å². The smallest absolute Gasteiger partial charge is 0.131 e. The Morgan fingerprint density at radius 3 is 2.36 bits per heavy atom. The van der Waals surface area contributed by atoms with Crippen molar-refractivity contribution < 1.29 is 13.9 Å². The van der Waals surface area contributed by atoms with Gasteiger partial charge in [-0.3, -0.25) is 14.8 Å². The predicted molar refractivity (Wildman–Crippen MR) is 92.0 cm³/mol. The van der Waals surface area contributed by atoms with Crippen molar-refractivity contribution in [2.45, 2.75) is 19.1 Å². The van der Waals surface area contributed by atoms with Crippen molar-refractivity contribution in [3.8, 4) is 0 Å². The van der Waals surface area contributed by atoms with E-state index in [2.05, 4.69) is 22.9 Å². The van der Waals surface area contributed by atoms with E-state index in [0.29, 0.717) is 0 Å². The number of piperazine rings is 1. The van der Waals surface area contributed by atoms with Crippen LogP contribution in [0, 0.1) is 11.6 Å². The maximum Gasteiger partial charge on any atom is 0.131 e. The minimum atomic E-state index is -1.16. The highest BCUT2D eigenvalue weighted by molar-refractivity contribution is 5.22. The minimum Gasteiger partial charge on any atom is -0.387 e. The van der Waals surface area contributed by atoms with Crippen molar-refractivity contribution in [3.05, 3.63) is 65.5 Å². The van der Waals surface area contributed by atoms with E-state index < -0.39 is 17.7 Å². The van der Waals surface area contributed by atoms with Gasteiger partial charge in [0.1, 0.15) is 11.6 Å². The van der Waals surface area contributed by atoms with Gasteiger partial charge in [0.25, 0.3) is 0 Å². The summed E-state index contributed by atoms with van der Waals surface area (Å²) in [5.41, 5.74) is 0.929. The van der Waals surface area contributed by atoms with Crippen LogP contribution in [-0.2, 0) is 0 Å². The summed E-state index contributed by atoms with van der Waals surface area (Å²) >= 11 is 0. The second-order valence-corrected chi connectivity index (χ2v) is 6.45. The molecule has 0 aliphatic carbocycles. The molecule has 25 heavy (non-hydrogen) atoms. The molecule has 0 bridgehead atoms. The molecule has 2 heterocycles. The van der Waals surface area contributed by atoms with Crippen molar-refractivity contribution in [1.82, 2.24) is 14.8 Å². The summed E-state index contributed by atoms with van der Waals surface area (Å²) in [6.07, 6.45) is 2.47. The number of pyridine rings is 1. The van der Waals surface area contributed by atoms with E-state index in [-0.39, 0.29) is 18.2 Å². The van der Waals surface area contributed by atoms with Crippen molar-refractivity contribution in [2.24, 2.45) is 0 Å². The zero-order chi connectivity index (χ0) is 17.8. The fourth-order valence-electron chi connectivity index (χ4n) is 3.33. The molecule has 1 saturated heterocycles. The summed E-state index contributed by atoms with van der Waals surface area (Å²) in [5, 5.41) is 10.2. The normalized spacial score (nSPS) is 18.9. The topological polar surface area (TPSA) is 39.6 Å². The summed E-state index contributed by atoms with van der Waals surface area (Å²) in [5.74, 6) is -1.40.